The number of rotatable bonds is 8. The highest BCUT2D eigenvalue weighted by Crippen LogP contribution is 2.30. The zero-order chi connectivity index (χ0) is 21.8. The van der Waals surface area contributed by atoms with Crippen molar-refractivity contribution < 1.29 is 17.9 Å². The highest BCUT2D eigenvalue weighted by atomic mass is 35.5. The van der Waals surface area contributed by atoms with Gasteiger partial charge in [0.2, 0.25) is 15.9 Å². The number of hydrogen-bond acceptors (Lipinski definition) is 4. The third-order valence-corrected chi connectivity index (χ3v) is 6.09. The number of aryl methyl sites for hydroxylation is 1. The Morgan fingerprint density at radius 3 is 2.41 bits per heavy atom. The predicted molar refractivity (Wildman–Crippen MR) is 118 cm³/mol. The summed E-state index contributed by atoms with van der Waals surface area (Å²) in [6.07, 6.45) is 1.66. The summed E-state index contributed by atoms with van der Waals surface area (Å²) in [7, 11) is -2.14. The third-order valence-electron chi connectivity index (χ3n) is 4.43. The fourth-order valence-electron chi connectivity index (χ4n) is 2.97. The molecule has 0 aliphatic rings. The molecule has 29 heavy (non-hydrogen) atoms. The zero-order valence-electron chi connectivity index (χ0n) is 16.7. The van der Waals surface area contributed by atoms with Crippen LogP contribution in [0.25, 0.3) is 0 Å². The van der Waals surface area contributed by atoms with Crippen LogP contribution in [-0.2, 0) is 14.8 Å². The molecule has 6 nitrogen and oxygen atoms in total. The molecule has 0 bridgehead atoms. The number of amides is 1. The summed E-state index contributed by atoms with van der Waals surface area (Å²) in [4.78, 5) is 12.7. The van der Waals surface area contributed by atoms with Crippen molar-refractivity contribution in [3.63, 3.8) is 0 Å². The lowest BCUT2D eigenvalue weighted by molar-refractivity contribution is -0.120. The Hall–Kier alpha value is -1.96. The minimum Gasteiger partial charge on any atom is -0.496 e. The summed E-state index contributed by atoms with van der Waals surface area (Å²) in [5.74, 6) is 0.317. The molecule has 1 atom stereocenters. The number of carbonyl (C=O) groups excluding carboxylic acids is 1. The molecule has 0 aliphatic heterocycles. The van der Waals surface area contributed by atoms with Gasteiger partial charge in [-0.1, -0.05) is 42.3 Å². The molecule has 0 heterocycles. The van der Waals surface area contributed by atoms with Crippen molar-refractivity contribution in [3.8, 4) is 5.75 Å². The van der Waals surface area contributed by atoms with Gasteiger partial charge in [-0.05, 0) is 48.7 Å². The van der Waals surface area contributed by atoms with Crippen LogP contribution < -0.4 is 14.4 Å². The number of anilines is 1. The molecule has 1 N–H and O–H groups in total. The fraction of sp³-hybridized carbons (Fsp3) is 0.350. The van der Waals surface area contributed by atoms with Crippen molar-refractivity contribution in [1.82, 2.24) is 5.32 Å². The van der Waals surface area contributed by atoms with Crippen molar-refractivity contribution in [2.75, 3.05) is 24.2 Å². The standard InChI is InChI=1S/C20H24Cl2N2O4S/c1-5-17(14-6-9-19(28-3)13(2)10-14)23-20(25)12-24(29(4,26)27)18-8-7-15(21)11-16(18)22/h6-11,17H,5,12H2,1-4H3,(H,23,25)/t17-/m0/s1. The van der Waals surface area contributed by atoms with Crippen molar-refractivity contribution in [2.24, 2.45) is 0 Å². The molecule has 0 aromatic heterocycles. The minimum atomic E-state index is -3.74. The van der Waals surface area contributed by atoms with Gasteiger partial charge in [-0.15, -0.1) is 0 Å². The second kappa shape index (κ2) is 9.69. The van der Waals surface area contributed by atoms with Gasteiger partial charge in [-0.3, -0.25) is 9.10 Å². The molecule has 0 fully saturated rings. The predicted octanol–water partition coefficient (Wildman–Crippen LogP) is 4.34. The molecule has 2 rings (SSSR count). The highest BCUT2D eigenvalue weighted by molar-refractivity contribution is 7.92. The Bertz CT molecular complexity index is 996. The van der Waals surface area contributed by atoms with Gasteiger partial charge in [0.25, 0.3) is 0 Å². The van der Waals surface area contributed by atoms with Gasteiger partial charge in [0.1, 0.15) is 12.3 Å². The normalized spacial score (nSPS) is 12.3. The van der Waals surface area contributed by atoms with Gasteiger partial charge in [0.05, 0.1) is 30.1 Å². The van der Waals surface area contributed by atoms with E-state index in [0.717, 1.165) is 27.4 Å². The first-order valence-electron chi connectivity index (χ1n) is 8.93. The molecule has 0 aliphatic carbocycles. The van der Waals surface area contributed by atoms with Crippen LogP contribution in [0.3, 0.4) is 0 Å². The number of ether oxygens (including phenoxy) is 1. The number of carbonyl (C=O) groups is 1. The molecule has 0 unspecified atom stereocenters. The van der Waals surface area contributed by atoms with Crippen LogP contribution in [0.15, 0.2) is 36.4 Å². The summed E-state index contributed by atoms with van der Waals surface area (Å²) in [6, 6.07) is 9.83. The lowest BCUT2D eigenvalue weighted by Crippen LogP contribution is -2.41. The van der Waals surface area contributed by atoms with E-state index in [0.29, 0.717) is 11.4 Å². The molecule has 2 aromatic rings. The Labute approximate surface area is 181 Å². The molecular formula is C20H24Cl2N2O4S. The lowest BCUT2D eigenvalue weighted by Gasteiger charge is -2.25. The van der Waals surface area contributed by atoms with E-state index < -0.39 is 22.5 Å². The molecule has 0 saturated heterocycles. The average molecular weight is 459 g/mol. The van der Waals surface area contributed by atoms with Gasteiger partial charge in [0, 0.05) is 5.02 Å². The molecule has 0 spiro atoms. The molecule has 9 heteroatoms. The van der Waals surface area contributed by atoms with Gasteiger partial charge in [-0.2, -0.15) is 0 Å². The van der Waals surface area contributed by atoms with Crippen LogP contribution in [0.1, 0.15) is 30.5 Å². The number of hydrogen-bond donors (Lipinski definition) is 1. The van der Waals surface area contributed by atoms with Crippen molar-refractivity contribution >= 4 is 44.8 Å². The highest BCUT2D eigenvalue weighted by Gasteiger charge is 2.24. The van der Waals surface area contributed by atoms with E-state index >= 15 is 0 Å². The molecular weight excluding hydrogens is 435 g/mol. The number of benzene rings is 2. The Morgan fingerprint density at radius 1 is 1.21 bits per heavy atom. The van der Waals surface area contributed by atoms with E-state index in [2.05, 4.69) is 5.32 Å². The van der Waals surface area contributed by atoms with Crippen molar-refractivity contribution in [1.29, 1.82) is 0 Å². The largest absolute Gasteiger partial charge is 0.496 e. The summed E-state index contributed by atoms with van der Waals surface area (Å²) >= 11 is 12.0. The van der Waals surface area contributed by atoms with E-state index in [1.54, 1.807) is 7.11 Å². The van der Waals surface area contributed by atoms with Gasteiger partial charge < -0.3 is 10.1 Å². The minimum absolute atomic E-state index is 0.147. The Kier molecular flexibility index (Phi) is 7.80. The maximum atomic E-state index is 12.7. The number of nitrogens with zero attached hydrogens (tertiary/aromatic N) is 1. The van der Waals surface area contributed by atoms with Crippen LogP contribution in [-0.4, -0.2) is 34.2 Å². The second-order valence-electron chi connectivity index (χ2n) is 6.62. The quantitative estimate of drug-likeness (QED) is 0.637. The van der Waals surface area contributed by atoms with E-state index in [4.69, 9.17) is 27.9 Å². The Morgan fingerprint density at radius 2 is 1.90 bits per heavy atom. The van der Waals surface area contributed by atoms with E-state index in [9.17, 15) is 13.2 Å². The van der Waals surface area contributed by atoms with Gasteiger partial charge >= 0.3 is 0 Å². The van der Waals surface area contributed by atoms with Crippen molar-refractivity contribution in [3.05, 3.63) is 57.6 Å². The SMILES string of the molecule is CC[C@H](NC(=O)CN(c1ccc(Cl)cc1Cl)S(C)(=O)=O)c1ccc(OC)c(C)c1. The number of nitrogens with one attached hydrogen (secondary N) is 1. The first-order valence-corrected chi connectivity index (χ1v) is 11.5. The van der Waals surface area contributed by atoms with Crippen LogP contribution in [0.2, 0.25) is 10.0 Å². The van der Waals surface area contributed by atoms with Crippen LogP contribution in [0, 0.1) is 6.92 Å². The van der Waals surface area contributed by atoms with E-state index in [1.807, 2.05) is 32.0 Å². The number of methoxy groups -OCH3 is 1. The first-order chi connectivity index (χ1) is 13.6. The van der Waals surface area contributed by atoms with Crippen LogP contribution in [0.4, 0.5) is 5.69 Å². The number of halogens is 2. The Balaban J connectivity index is 2.24. The molecule has 2 aromatic carbocycles. The lowest BCUT2D eigenvalue weighted by atomic mass is 10.0. The zero-order valence-corrected chi connectivity index (χ0v) is 19.0. The maximum absolute atomic E-state index is 12.7. The van der Waals surface area contributed by atoms with E-state index in [1.165, 1.54) is 18.2 Å². The van der Waals surface area contributed by atoms with Gasteiger partial charge in [-0.25, -0.2) is 8.42 Å². The summed E-state index contributed by atoms with van der Waals surface area (Å²) in [5, 5.41) is 3.42. The van der Waals surface area contributed by atoms with Crippen molar-refractivity contribution in [2.45, 2.75) is 26.3 Å². The fourth-order valence-corrected chi connectivity index (χ4v) is 4.40. The molecule has 0 saturated carbocycles. The molecule has 0 radical (unpaired) electrons. The first kappa shape index (κ1) is 23.3. The van der Waals surface area contributed by atoms with Crippen LogP contribution >= 0.6 is 23.2 Å². The molecule has 158 valence electrons. The van der Waals surface area contributed by atoms with E-state index in [-0.39, 0.29) is 16.8 Å². The second-order valence-corrected chi connectivity index (χ2v) is 9.37. The van der Waals surface area contributed by atoms with Crippen LogP contribution in [0.5, 0.6) is 5.75 Å². The monoisotopic (exact) mass is 458 g/mol. The summed E-state index contributed by atoms with van der Waals surface area (Å²) in [5.41, 5.74) is 2.06. The third kappa shape index (κ3) is 6.01. The smallest absolute Gasteiger partial charge is 0.241 e. The maximum Gasteiger partial charge on any atom is 0.241 e. The topological polar surface area (TPSA) is 75.7 Å². The number of sulfonamides is 1. The summed E-state index contributed by atoms with van der Waals surface area (Å²) < 4.78 is 30.8. The summed E-state index contributed by atoms with van der Waals surface area (Å²) in [6.45, 7) is 3.46. The molecule has 1 amide bonds. The average Bonchev–Trinajstić information content (AvgIpc) is 2.64. The van der Waals surface area contributed by atoms with Gasteiger partial charge in [0.15, 0.2) is 0 Å².